The molecule has 0 bridgehead atoms. The normalized spacial score (nSPS) is 11.6. The summed E-state index contributed by atoms with van der Waals surface area (Å²) in [5.41, 5.74) is 4.38. The van der Waals surface area contributed by atoms with Gasteiger partial charge in [0.1, 0.15) is 11.3 Å². The quantitative estimate of drug-likeness (QED) is 0.500. The lowest BCUT2D eigenvalue weighted by atomic mass is 9.91. The monoisotopic (exact) mass is 415 g/mol. The second-order valence-electron chi connectivity index (χ2n) is 7.77. The molecule has 0 saturated heterocycles. The minimum atomic E-state index is -0.0418. The van der Waals surface area contributed by atoms with Crippen LogP contribution >= 0.6 is 11.6 Å². The maximum atomic E-state index is 13.4. The lowest BCUT2D eigenvalue weighted by Gasteiger charge is -2.16. The first kappa shape index (κ1) is 21.4. The molecule has 0 fully saturated rings. The van der Waals surface area contributed by atoms with E-state index in [1.165, 1.54) is 0 Å². The number of halogens is 1. The van der Waals surface area contributed by atoms with Crippen LogP contribution in [0.2, 0.25) is 5.02 Å². The first-order valence-corrected chi connectivity index (χ1v) is 10.7. The lowest BCUT2D eigenvalue weighted by molar-refractivity contribution is 0.412. The standard InChI is InChI=1S/C23H30ClN3O2/c1-7-9-16(10-8-2)17-12-15(4)27-21(17)23(28)26(5)22(25-27)18-11-14(3)20(29-6)13-19(18)24/h11-13,16H,7-10H2,1-6H3. The Morgan fingerprint density at radius 1 is 1.14 bits per heavy atom. The molecule has 0 radical (unpaired) electrons. The smallest absolute Gasteiger partial charge is 0.278 e. The topological polar surface area (TPSA) is 48.5 Å². The Morgan fingerprint density at radius 3 is 2.38 bits per heavy atom. The van der Waals surface area contributed by atoms with Crippen molar-refractivity contribution in [3.8, 4) is 17.1 Å². The Bertz CT molecular complexity index is 1090. The van der Waals surface area contributed by atoms with Crippen LogP contribution in [0.1, 0.15) is 62.3 Å². The lowest BCUT2D eigenvalue weighted by Crippen LogP contribution is -2.24. The second-order valence-corrected chi connectivity index (χ2v) is 8.17. The van der Waals surface area contributed by atoms with Gasteiger partial charge in [0.25, 0.3) is 5.56 Å². The Labute approximate surface area is 177 Å². The van der Waals surface area contributed by atoms with E-state index in [4.69, 9.17) is 21.4 Å². The van der Waals surface area contributed by atoms with Crippen molar-refractivity contribution >= 4 is 17.1 Å². The Morgan fingerprint density at radius 2 is 1.79 bits per heavy atom. The van der Waals surface area contributed by atoms with E-state index in [0.29, 0.717) is 28.0 Å². The largest absolute Gasteiger partial charge is 0.496 e. The number of benzene rings is 1. The van der Waals surface area contributed by atoms with Gasteiger partial charge in [-0.15, -0.1) is 5.10 Å². The fourth-order valence-electron chi connectivity index (χ4n) is 4.17. The molecule has 3 aromatic rings. The minimum Gasteiger partial charge on any atom is -0.496 e. The molecule has 2 aromatic heterocycles. The van der Waals surface area contributed by atoms with Crippen LogP contribution in [0.3, 0.4) is 0 Å². The molecule has 156 valence electrons. The van der Waals surface area contributed by atoms with Crippen molar-refractivity contribution in [2.75, 3.05) is 7.11 Å². The maximum Gasteiger partial charge on any atom is 0.278 e. The van der Waals surface area contributed by atoms with E-state index in [2.05, 4.69) is 19.9 Å². The number of hydrogen-bond donors (Lipinski definition) is 0. The van der Waals surface area contributed by atoms with E-state index in [1.54, 1.807) is 29.3 Å². The molecule has 0 unspecified atom stereocenters. The van der Waals surface area contributed by atoms with Gasteiger partial charge in [-0.1, -0.05) is 38.3 Å². The highest BCUT2D eigenvalue weighted by Gasteiger charge is 2.22. The van der Waals surface area contributed by atoms with Crippen molar-refractivity contribution in [3.63, 3.8) is 0 Å². The molecule has 29 heavy (non-hydrogen) atoms. The van der Waals surface area contributed by atoms with Gasteiger partial charge in [0.05, 0.1) is 12.1 Å². The number of methoxy groups -OCH3 is 1. The highest BCUT2D eigenvalue weighted by Crippen LogP contribution is 2.34. The summed E-state index contributed by atoms with van der Waals surface area (Å²) < 4.78 is 8.76. The van der Waals surface area contributed by atoms with Crippen LogP contribution in [-0.4, -0.2) is 21.3 Å². The number of aromatic nitrogens is 3. The Balaban J connectivity index is 2.27. The summed E-state index contributed by atoms with van der Waals surface area (Å²) in [4.78, 5) is 13.4. The van der Waals surface area contributed by atoms with Crippen LogP contribution in [0, 0.1) is 13.8 Å². The molecule has 0 aliphatic rings. The predicted octanol–water partition coefficient (Wildman–Crippen LogP) is 5.66. The van der Waals surface area contributed by atoms with E-state index in [0.717, 1.165) is 48.1 Å². The molecule has 0 saturated carbocycles. The predicted molar refractivity (Wildman–Crippen MR) is 119 cm³/mol. The van der Waals surface area contributed by atoms with Crippen molar-refractivity contribution in [2.45, 2.75) is 59.3 Å². The molecule has 3 rings (SSSR count). The van der Waals surface area contributed by atoms with E-state index < -0.39 is 0 Å². The van der Waals surface area contributed by atoms with Crippen LogP contribution in [0.5, 0.6) is 5.75 Å². The zero-order valence-corrected chi connectivity index (χ0v) is 18.9. The van der Waals surface area contributed by atoms with Gasteiger partial charge in [-0.05, 0) is 61.9 Å². The zero-order valence-electron chi connectivity index (χ0n) is 18.2. The van der Waals surface area contributed by atoms with Crippen molar-refractivity contribution in [1.29, 1.82) is 0 Å². The summed E-state index contributed by atoms with van der Waals surface area (Å²) in [6.45, 7) is 8.34. The first-order valence-electron chi connectivity index (χ1n) is 10.3. The molecule has 0 aliphatic carbocycles. The summed E-state index contributed by atoms with van der Waals surface area (Å²) >= 11 is 6.52. The van der Waals surface area contributed by atoms with Crippen LogP contribution in [0.25, 0.3) is 16.9 Å². The van der Waals surface area contributed by atoms with Gasteiger partial charge in [0.2, 0.25) is 0 Å². The van der Waals surface area contributed by atoms with Crippen LogP contribution < -0.4 is 10.3 Å². The number of hydrogen-bond acceptors (Lipinski definition) is 3. The van der Waals surface area contributed by atoms with Crippen LogP contribution in [0.4, 0.5) is 0 Å². The summed E-state index contributed by atoms with van der Waals surface area (Å²) in [5.74, 6) is 1.64. The minimum absolute atomic E-state index is 0.0418. The summed E-state index contributed by atoms with van der Waals surface area (Å²) in [6.07, 6.45) is 4.32. The third-order valence-corrected chi connectivity index (χ3v) is 5.96. The highest BCUT2D eigenvalue weighted by atomic mass is 35.5. The average Bonchev–Trinajstić information content (AvgIpc) is 3.02. The van der Waals surface area contributed by atoms with Crippen molar-refractivity contribution in [3.05, 3.63) is 50.4 Å². The summed E-state index contributed by atoms with van der Waals surface area (Å²) in [7, 11) is 3.38. The Kier molecular flexibility index (Phi) is 6.37. The molecule has 5 nitrogen and oxygen atoms in total. The van der Waals surface area contributed by atoms with Crippen molar-refractivity contribution < 1.29 is 4.74 Å². The molecule has 2 heterocycles. The third kappa shape index (κ3) is 3.80. The molecule has 6 heteroatoms. The summed E-state index contributed by atoms with van der Waals surface area (Å²) in [6, 6.07) is 5.82. The highest BCUT2D eigenvalue weighted by molar-refractivity contribution is 6.33. The fourth-order valence-corrected chi connectivity index (χ4v) is 4.40. The fraction of sp³-hybridized carbons (Fsp3) is 0.478. The van der Waals surface area contributed by atoms with Gasteiger partial charge in [0.15, 0.2) is 5.82 Å². The van der Waals surface area contributed by atoms with Gasteiger partial charge < -0.3 is 4.74 Å². The van der Waals surface area contributed by atoms with Crippen LogP contribution in [0.15, 0.2) is 23.0 Å². The van der Waals surface area contributed by atoms with Crippen LogP contribution in [-0.2, 0) is 7.05 Å². The number of rotatable bonds is 7. The zero-order chi connectivity index (χ0) is 21.3. The number of aryl methyl sites for hydroxylation is 2. The number of fused-ring (bicyclic) bond motifs is 1. The van der Waals surface area contributed by atoms with E-state index in [9.17, 15) is 4.79 Å². The molecule has 0 N–H and O–H groups in total. The second kappa shape index (κ2) is 8.62. The number of nitrogens with zero attached hydrogens (tertiary/aromatic N) is 3. The summed E-state index contributed by atoms with van der Waals surface area (Å²) in [5, 5.41) is 5.35. The SMILES string of the molecule is CCCC(CCC)c1cc(C)n2nc(-c3cc(C)c(OC)cc3Cl)n(C)c(=O)c12. The molecule has 1 aromatic carbocycles. The Hall–Kier alpha value is -2.27. The van der Waals surface area contributed by atoms with Gasteiger partial charge in [0, 0.05) is 18.3 Å². The maximum absolute atomic E-state index is 13.4. The average molecular weight is 416 g/mol. The molecule has 0 aliphatic heterocycles. The van der Waals surface area contributed by atoms with E-state index in [1.807, 2.05) is 19.9 Å². The molecular formula is C23H30ClN3O2. The van der Waals surface area contributed by atoms with E-state index >= 15 is 0 Å². The van der Waals surface area contributed by atoms with Gasteiger partial charge >= 0.3 is 0 Å². The molecule has 0 amide bonds. The van der Waals surface area contributed by atoms with Crippen molar-refractivity contribution in [2.24, 2.45) is 7.05 Å². The van der Waals surface area contributed by atoms with Gasteiger partial charge in [-0.3, -0.25) is 9.36 Å². The van der Waals surface area contributed by atoms with E-state index in [-0.39, 0.29) is 5.56 Å². The molecule has 0 spiro atoms. The van der Waals surface area contributed by atoms with Crippen molar-refractivity contribution in [1.82, 2.24) is 14.2 Å². The molecular weight excluding hydrogens is 386 g/mol. The first-order chi connectivity index (χ1) is 13.8. The third-order valence-electron chi connectivity index (χ3n) is 5.64. The van der Waals surface area contributed by atoms with Gasteiger partial charge in [-0.25, -0.2) is 4.52 Å². The number of ether oxygens (including phenoxy) is 1. The van der Waals surface area contributed by atoms with Gasteiger partial charge in [-0.2, -0.15) is 0 Å². The molecule has 0 atom stereocenters.